The summed E-state index contributed by atoms with van der Waals surface area (Å²) in [5.74, 6) is -0.615. The van der Waals surface area contributed by atoms with Crippen molar-refractivity contribution < 1.29 is 27.9 Å². The Labute approximate surface area is 264 Å². The first-order chi connectivity index (χ1) is 21.6. The van der Waals surface area contributed by atoms with E-state index in [1.54, 1.807) is 30.3 Å². The fourth-order valence-corrected chi connectivity index (χ4v) is 5.87. The number of nitrogens with zero attached hydrogens (tertiary/aromatic N) is 2. The average Bonchev–Trinajstić information content (AvgIpc) is 3.79. The van der Waals surface area contributed by atoms with E-state index in [1.165, 1.54) is 17.4 Å². The highest BCUT2D eigenvalue weighted by Crippen LogP contribution is 2.31. The first kappa shape index (κ1) is 32.3. The van der Waals surface area contributed by atoms with Crippen LogP contribution in [0, 0.1) is 6.92 Å². The third kappa shape index (κ3) is 9.00. The Morgan fingerprint density at radius 3 is 2.40 bits per heavy atom. The molecule has 7 nitrogen and oxygen atoms in total. The summed E-state index contributed by atoms with van der Waals surface area (Å²) in [6, 6.07) is 20.3. The van der Waals surface area contributed by atoms with Crippen molar-refractivity contribution in [3.8, 4) is 0 Å². The van der Waals surface area contributed by atoms with Crippen molar-refractivity contribution in [1.29, 1.82) is 0 Å². The van der Waals surface area contributed by atoms with Crippen molar-refractivity contribution in [2.75, 3.05) is 6.54 Å². The highest BCUT2D eigenvalue weighted by atomic mass is 32.1. The molecule has 1 aromatic heterocycles. The Kier molecular flexibility index (Phi) is 10.3. The van der Waals surface area contributed by atoms with E-state index < -0.39 is 29.8 Å². The average molecular weight is 637 g/mol. The van der Waals surface area contributed by atoms with Gasteiger partial charge in [0.2, 0.25) is 0 Å². The highest BCUT2D eigenvalue weighted by molar-refractivity contribution is 7.09. The van der Waals surface area contributed by atoms with Crippen molar-refractivity contribution in [2.24, 2.45) is 0 Å². The van der Waals surface area contributed by atoms with Crippen LogP contribution in [0.1, 0.15) is 60.9 Å². The zero-order valence-electron chi connectivity index (χ0n) is 24.8. The number of nitrogens with one attached hydrogen (secondary N) is 2. The largest absolute Gasteiger partial charge is 0.416 e. The molecule has 1 saturated carbocycles. The van der Waals surface area contributed by atoms with E-state index in [9.17, 15) is 27.9 Å². The Bertz CT molecular complexity index is 1610. The Hall–Kier alpha value is -4.06. The van der Waals surface area contributed by atoms with Crippen LogP contribution in [-0.4, -0.2) is 51.5 Å². The van der Waals surface area contributed by atoms with Crippen molar-refractivity contribution >= 4 is 23.2 Å². The fraction of sp³-hybridized carbons (Fsp3) is 0.324. The van der Waals surface area contributed by atoms with Gasteiger partial charge in [0.05, 0.1) is 24.3 Å². The van der Waals surface area contributed by atoms with E-state index in [0.29, 0.717) is 24.1 Å². The number of benzene rings is 3. The quantitative estimate of drug-likeness (QED) is 0.173. The number of rotatable bonds is 13. The molecule has 1 aliphatic carbocycles. The van der Waals surface area contributed by atoms with Crippen LogP contribution in [0.4, 0.5) is 13.2 Å². The van der Waals surface area contributed by atoms with Crippen molar-refractivity contribution in [2.45, 2.75) is 63.6 Å². The summed E-state index contributed by atoms with van der Waals surface area (Å²) in [6.07, 6.45) is -3.33. The number of alkyl halides is 3. The van der Waals surface area contributed by atoms with Crippen LogP contribution in [0.15, 0.2) is 84.2 Å². The molecular weight excluding hydrogens is 601 g/mol. The van der Waals surface area contributed by atoms with Gasteiger partial charge in [0.15, 0.2) is 0 Å². The Morgan fingerprint density at radius 1 is 1.00 bits per heavy atom. The molecular formula is C34H35F3N4O3S. The Morgan fingerprint density at radius 2 is 1.71 bits per heavy atom. The summed E-state index contributed by atoms with van der Waals surface area (Å²) in [5, 5.41) is 19.9. The van der Waals surface area contributed by atoms with Crippen LogP contribution >= 0.6 is 11.3 Å². The van der Waals surface area contributed by atoms with Gasteiger partial charge in [-0.2, -0.15) is 13.2 Å². The van der Waals surface area contributed by atoms with E-state index in [4.69, 9.17) is 0 Å². The van der Waals surface area contributed by atoms with Crippen LogP contribution in [0.2, 0.25) is 0 Å². The second-order valence-electron chi connectivity index (χ2n) is 11.3. The molecule has 1 aliphatic rings. The standard InChI is InChI=1S/C34H35F3N4O3S/c1-22-21-45-31(39-22)20-41(28-13-14-28)33(44)26-11-6-10-25(17-26)32(43)40-29(16-23-7-3-2-4-8-23)30(42)19-38-18-24-9-5-12-27(15-24)34(35,36)37/h2-12,15,17,21,28-30,38,42H,13-14,16,18-20H2,1H3,(H,40,43)/t29-,30+/m0/s1. The summed E-state index contributed by atoms with van der Waals surface area (Å²) in [6.45, 7) is 2.46. The number of hydrogen-bond acceptors (Lipinski definition) is 6. The minimum atomic E-state index is -4.45. The van der Waals surface area contributed by atoms with Gasteiger partial charge in [0.1, 0.15) is 5.01 Å². The lowest BCUT2D eigenvalue weighted by Crippen LogP contribution is -2.48. The SMILES string of the molecule is Cc1csc(CN(C(=O)c2cccc(C(=O)N[C@@H](Cc3ccccc3)[C@H](O)CNCc3cccc(C(F)(F)F)c3)c2)C2CC2)n1. The molecule has 2 atom stereocenters. The third-order valence-corrected chi connectivity index (χ3v) is 8.56. The lowest BCUT2D eigenvalue weighted by atomic mass is 10.00. The third-order valence-electron chi connectivity index (χ3n) is 7.61. The summed E-state index contributed by atoms with van der Waals surface area (Å²) >= 11 is 1.52. The maximum Gasteiger partial charge on any atom is 0.416 e. The molecule has 0 bridgehead atoms. The Balaban J connectivity index is 1.26. The van der Waals surface area contributed by atoms with Gasteiger partial charge in [-0.15, -0.1) is 11.3 Å². The number of halogens is 3. The highest BCUT2D eigenvalue weighted by Gasteiger charge is 2.34. The summed E-state index contributed by atoms with van der Waals surface area (Å²) < 4.78 is 39.3. The summed E-state index contributed by atoms with van der Waals surface area (Å²) in [5.41, 5.74) is 2.16. The van der Waals surface area contributed by atoms with Gasteiger partial charge in [-0.05, 0) is 61.6 Å². The van der Waals surface area contributed by atoms with Crippen molar-refractivity contribution in [1.82, 2.24) is 20.5 Å². The van der Waals surface area contributed by atoms with Gasteiger partial charge in [-0.25, -0.2) is 4.98 Å². The normalized spacial score (nSPS) is 14.5. The maximum atomic E-state index is 13.6. The predicted molar refractivity (Wildman–Crippen MR) is 167 cm³/mol. The molecule has 4 aromatic rings. The number of carbonyl (C=O) groups is 2. The van der Waals surface area contributed by atoms with Gasteiger partial charge in [0, 0.05) is 41.3 Å². The molecule has 0 radical (unpaired) electrons. The fourth-order valence-electron chi connectivity index (χ4n) is 5.10. The molecule has 236 valence electrons. The van der Waals surface area contributed by atoms with E-state index in [1.807, 2.05) is 47.5 Å². The summed E-state index contributed by atoms with van der Waals surface area (Å²) in [7, 11) is 0. The van der Waals surface area contributed by atoms with Gasteiger partial charge in [0.25, 0.3) is 11.8 Å². The number of hydrogen-bond donors (Lipinski definition) is 3. The number of aryl methyl sites for hydroxylation is 1. The van der Waals surface area contributed by atoms with Gasteiger partial charge in [-0.3, -0.25) is 9.59 Å². The molecule has 11 heteroatoms. The molecule has 1 fully saturated rings. The van der Waals surface area contributed by atoms with Crippen LogP contribution in [0.5, 0.6) is 0 Å². The molecule has 3 aromatic carbocycles. The number of aromatic nitrogens is 1. The first-order valence-electron chi connectivity index (χ1n) is 14.8. The van der Waals surface area contributed by atoms with Crippen LogP contribution in [0.3, 0.4) is 0 Å². The molecule has 0 aliphatic heterocycles. The minimum absolute atomic E-state index is 0.0269. The van der Waals surface area contributed by atoms with Crippen molar-refractivity contribution in [3.63, 3.8) is 0 Å². The second kappa shape index (κ2) is 14.4. The lowest BCUT2D eigenvalue weighted by Gasteiger charge is -2.25. The van der Waals surface area contributed by atoms with E-state index in [0.717, 1.165) is 41.2 Å². The topological polar surface area (TPSA) is 94.6 Å². The molecule has 3 N–H and O–H groups in total. The number of amides is 2. The molecule has 1 heterocycles. The molecule has 5 rings (SSSR count). The number of carbonyl (C=O) groups excluding carboxylic acids is 2. The number of thiazole rings is 1. The van der Waals surface area contributed by atoms with Crippen molar-refractivity contribution in [3.05, 3.63) is 123 Å². The number of aliphatic hydroxyl groups excluding tert-OH is 1. The molecule has 0 saturated heterocycles. The second-order valence-corrected chi connectivity index (χ2v) is 12.2. The van der Waals surface area contributed by atoms with E-state index >= 15 is 0 Å². The van der Waals surface area contributed by atoms with Gasteiger partial charge < -0.3 is 20.6 Å². The maximum absolute atomic E-state index is 13.6. The smallest absolute Gasteiger partial charge is 0.390 e. The van der Waals surface area contributed by atoms with Gasteiger partial charge in [-0.1, -0.05) is 54.6 Å². The van der Waals surface area contributed by atoms with E-state index in [-0.39, 0.29) is 30.6 Å². The van der Waals surface area contributed by atoms with Gasteiger partial charge >= 0.3 is 6.18 Å². The molecule has 0 spiro atoms. The lowest BCUT2D eigenvalue weighted by molar-refractivity contribution is -0.137. The number of aliphatic hydroxyl groups is 1. The zero-order chi connectivity index (χ0) is 32.0. The molecule has 45 heavy (non-hydrogen) atoms. The van der Waals surface area contributed by atoms with Crippen LogP contribution in [-0.2, 0) is 25.7 Å². The molecule has 0 unspecified atom stereocenters. The van der Waals surface area contributed by atoms with Crippen LogP contribution in [0.25, 0.3) is 0 Å². The molecule has 2 amide bonds. The first-order valence-corrected chi connectivity index (χ1v) is 15.7. The zero-order valence-corrected chi connectivity index (χ0v) is 25.6. The monoisotopic (exact) mass is 636 g/mol. The summed E-state index contributed by atoms with van der Waals surface area (Å²) in [4.78, 5) is 33.4. The minimum Gasteiger partial charge on any atom is -0.390 e. The van der Waals surface area contributed by atoms with E-state index in [2.05, 4.69) is 15.6 Å². The van der Waals surface area contributed by atoms with Crippen LogP contribution < -0.4 is 10.6 Å². The predicted octanol–water partition coefficient (Wildman–Crippen LogP) is 5.77.